The fraction of sp³-hybridized carbons (Fsp3) is 0.500. The van der Waals surface area contributed by atoms with Gasteiger partial charge in [0.1, 0.15) is 0 Å². The molecule has 1 aliphatic heterocycles. The molecule has 0 aromatic rings. The average Bonchev–Trinajstić information content (AvgIpc) is 2.64. The summed E-state index contributed by atoms with van der Waals surface area (Å²) >= 11 is 0. The number of nitrogens with zero attached hydrogens (tertiary/aromatic N) is 3. The molecule has 0 radical (unpaired) electrons. The highest BCUT2D eigenvalue weighted by atomic mass is 16.3. The molecule has 0 aromatic carbocycles. The average molecular weight is 209 g/mol. The topological polar surface area (TPSA) is 65.3 Å². The monoisotopic (exact) mass is 209 g/mol. The van der Waals surface area contributed by atoms with E-state index in [4.69, 9.17) is 5.11 Å². The minimum absolute atomic E-state index is 0.000750. The number of carbonyl (C=O) groups excluding carboxylic acids is 1. The van der Waals surface area contributed by atoms with Crippen molar-refractivity contribution in [2.24, 2.45) is 9.98 Å². The van der Waals surface area contributed by atoms with Gasteiger partial charge in [0.15, 0.2) is 0 Å². The Morgan fingerprint density at radius 3 is 3.00 bits per heavy atom. The van der Waals surface area contributed by atoms with Crippen molar-refractivity contribution in [1.82, 2.24) is 4.90 Å². The van der Waals surface area contributed by atoms with Crippen LogP contribution in [0.3, 0.4) is 0 Å². The van der Waals surface area contributed by atoms with E-state index in [0.29, 0.717) is 25.2 Å². The van der Waals surface area contributed by atoms with E-state index in [1.807, 2.05) is 0 Å². The fourth-order valence-corrected chi connectivity index (χ4v) is 1.40. The van der Waals surface area contributed by atoms with Crippen LogP contribution in [0, 0.1) is 0 Å². The highest BCUT2D eigenvalue weighted by molar-refractivity contribution is 5.89. The molecule has 15 heavy (non-hydrogen) atoms. The Bertz CT molecular complexity index is 297. The van der Waals surface area contributed by atoms with Crippen LogP contribution in [-0.2, 0) is 4.79 Å². The van der Waals surface area contributed by atoms with E-state index in [-0.39, 0.29) is 12.5 Å². The van der Waals surface area contributed by atoms with E-state index in [1.54, 1.807) is 11.1 Å². The third-order valence-electron chi connectivity index (χ3n) is 2.06. The van der Waals surface area contributed by atoms with Crippen LogP contribution < -0.4 is 0 Å². The SMILES string of the molecule is C=N/C=C(\C=NCCO)N1CCCC1=O. The molecule has 0 bridgehead atoms. The standard InChI is InChI=1S/C10H15N3O2/c1-11-7-9(8-12-4-6-14)13-5-2-3-10(13)15/h7-8,14H,1-6H2/b9-7+,12-8?. The zero-order chi connectivity index (χ0) is 11.1. The molecular weight excluding hydrogens is 194 g/mol. The molecular formula is C10H15N3O2. The number of amides is 1. The molecule has 5 nitrogen and oxygen atoms in total. The van der Waals surface area contributed by atoms with Crippen molar-refractivity contribution in [3.8, 4) is 0 Å². The summed E-state index contributed by atoms with van der Waals surface area (Å²) in [5.74, 6) is 0.0837. The zero-order valence-corrected chi connectivity index (χ0v) is 8.59. The van der Waals surface area contributed by atoms with E-state index in [9.17, 15) is 4.79 Å². The second kappa shape index (κ2) is 6.08. The number of aliphatic hydroxyl groups excluding tert-OH is 1. The van der Waals surface area contributed by atoms with Gasteiger partial charge in [0.2, 0.25) is 5.91 Å². The van der Waals surface area contributed by atoms with Crippen molar-refractivity contribution in [3.63, 3.8) is 0 Å². The highest BCUT2D eigenvalue weighted by Crippen LogP contribution is 2.15. The van der Waals surface area contributed by atoms with Gasteiger partial charge in [-0.3, -0.25) is 14.8 Å². The Balaban J connectivity index is 2.69. The lowest BCUT2D eigenvalue weighted by molar-refractivity contribution is -0.125. The summed E-state index contributed by atoms with van der Waals surface area (Å²) in [7, 11) is 0. The van der Waals surface area contributed by atoms with Gasteiger partial charge in [-0.05, 0) is 13.1 Å². The molecule has 1 aliphatic rings. The molecule has 0 unspecified atom stereocenters. The minimum atomic E-state index is -0.000750. The summed E-state index contributed by atoms with van der Waals surface area (Å²) in [6.45, 7) is 4.38. The Morgan fingerprint density at radius 1 is 1.67 bits per heavy atom. The van der Waals surface area contributed by atoms with E-state index in [1.165, 1.54) is 6.20 Å². The van der Waals surface area contributed by atoms with Gasteiger partial charge in [-0.25, -0.2) is 0 Å². The van der Waals surface area contributed by atoms with E-state index in [0.717, 1.165) is 6.42 Å². The summed E-state index contributed by atoms with van der Waals surface area (Å²) < 4.78 is 0. The van der Waals surface area contributed by atoms with Gasteiger partial charge in [0.05, 0.1) is 25.0 Å². The first-order valence-corrected chi connectivity index (χ1v) is 4.86. The molecule has 1 amide bonds. The molecule has 0 saturated carbocycles. The van der Waals surface area contributed by atoms with Gasteiger partial charge in [0, 0.05) is 19.2 Å². The van der Waals surface area contributed by atoms with E-state index in [2.05, 4.69) is 16.7 Å². The van der Waals surface area contributed by atoms with Gasteiger partial charge in [-0.15, -0.1) is 0 Å². The van der Waals surface area contributed by atoms with Crippen molar-refractivity contribution in [1.29, 1.82) is 0 Å². The molecule has 82 valence electrons. The maximum atomic E-state index is 11.4. The minimum Gasteiger partial charge on any atom is -0.394 e. The van der Waals surface area contributed by atoms with Crippen LogP contribution in [0.4, 0.5) is 0 Å². The molecule has 1 saturated heterocycles. The summed E-state index contributed by atoms with van der Waals surface area (Å²) in [4.78, 5) is 20.7. The zero-order valence-electron chi connectivity index (χ0n) is 8.59. The molecule has 1 fully saturated rings. The van der Waals surface area contributed by atoms with Crippen LogP contribution in [0.2, 0.25) is 0 Å². The number of aliphatic hydroxyl groups is 1. The summed E-state index contributed by atoms with van der Waals surface area (Å²) in [6.07, 6.45) is 4.49. The maximum absolute atomic E-state index is 11.4. The highest BCUT2D eigenvalue weighted by Gasteiger charge is 2.22. The molecule has 0 aromatic heterocycles. The smallest absolute Gasteiger partial charge is 0.227 e. The summed E-state index contributed by atoms with van der Waals surface area (Å²) in [5, 5.41) is 8.58. The normalized spacial score (nSPS) is 17.8. The Morgan fingerprint density at radius 2 is 2.47 bits per heavy atom. The predicted molar refractivity (Wildman–Crippen MR) is 59.0 cm³/mol. The molecule has 0 aliphatic carbocycles. The van der Waals surface area contributed by atoms with Gasteiger partial charge in [-0.1, -0.05) is 0 Å². The molecule has 1 heterocycles. The number of hydrogen-bond acceptors (Lipinski definition) is 4. The first kappa shape index (κ1) is 11.6. The predicted octanol–water partition coefficient (Wildman–Crippen LogP) is 0.214. The second-order valence-corrected chi connectivity index (χ2v) is 3.14. The maximum Gasteiger partial charge on any atom is 0.227 e. The second-order valence-electron chi connectivity index (χ2n) is 3.14. The first-order chi connectivity index (χ1) is 7.29. The van der Waals surface area contributed by atoms with Crippen LogP contribution >= 0.6 is 0 Å². The quantitative estimate of drug-likeness (QED) is 0.658. The van der Waals surface area contributed by atoms with E-state index < -0.39 is 0 Å². The van der Waals surface area contributed by atoms with Gasteiger partial charge < -0.3 is 10.0 Å². The first-order valence-electron chi connectivity index (χ1n) is 4.86. The number of carbonyl (C=O) groups is 1. The van der Waals surface area contributed by atoms with Crippen molar-refractivity contribution >= 4 is 18.8 Å². The van der Waals surface area contributed by atoms with Crippen LogP contribution in [0.25, 0.3) is 0 Å². The van der Waals surface area contributed by atoms with Crippen LogP contribution in [-0.4, -0.2) is 48.5 Å². The lowest BCUT2D eigenvalue weighted by atomic mass is 10.4. The Hall–Kier alpha value is -1.49. The van der Waals surface area contributed by atoms with Crippen molar-refractivity contribution < 1.29 is 9.90 Å². The van der Waals surface area contributed by atoms with Crippen molar-refractivity contribution in [2.75, 3.05) is 19.7 Å². The van der Waals surface area contributed by atoms with Crippen LogP contribution in [0.15, 0.2) is 21.9 Å². The van der Waals surface area contributed by atoms with Crippen molar-refractivity contribution in [2.45, 2.75) is 12.8 Å². The van der Waals surface area contributed by atoms with Gasteiger partial charge in [0.25, 0.3) is 0 Å². The van der Waals surface area contributed by atoms with Gasteiger partial charge >= 0.3 is 0 Å². The number of likely N-dealkylation sites (tertiary alicyclic amines) is 1. The van der Waals surface area contributed by atoms with Crippen LogP contribution in [0.1, 0.15) is 12.8 Å². The third-order valence-corrected chi connectivity index (χ3v) is 2.06. The molecule has 5 heteroatoms. The number of aliphatic imine (C=N–C) groups is 2. The van der Waals surface area contributed by atoms with Crippen molar-refractivity contribution in [3.05, 3.63) is 11.9 Å². The Labute approximate surface area is 88.8 Å². The number of hydrogen-bond donors (Lipinski definition) is 1. The fourth-order valence-electron chi connectivity index (χ4n) is 1.40. The third kappa shape index (κ3) is 3.28. The van der Waals surface area contributed by atoms with Gasteiger partial charge in [-0.2, -0.15) is 0 Å². The number of allylic oxidation sites excluding steroid dienone is 1. The Kier molecular flexibility index (Phi) is 4.70. The van der Waals surface area contributed by atoms with Crippen LogP contribution in [0.5, 0.6) is 0 Å². The lowest BCUT2D eigenvalue weighted by Crippen LogP contribution is -2.24. The number of rotatable bonds is 5. The summed E-state index contributed by atoms with van der Waals surface area (Å²) in [5.41, 5.74) is 0.640. The molecule has 1 rings (SSSR count). The molecule has 0 spiro atoms. The summed E-state index contributed by atoms with van der Waals surface area (Å²) in [6, 6.07) is 0. The molecule has 1 N–H and O–H groups in total. The lowest BCUT2D eigenvalue weighted by Gasteiger charge is -2.15. The van der Waals surface area contributed by atoms with E-state index >= 15 is 0 Å². The largest absolute Gasteiger partial charge is 0.394 e. The molecule has 0 atom stereocenters.